The van der Waals surface area contributed by atoms with Crippen molar-refractivity contribution < 1.29 is 9.32 Å². The van der Waals surface area contributed by atoms with Crippen molar-refractivity contribution in [2.75, 3.05) is 18.0 Å². The summed E-state index contributed by atoms with van der Waals surface area (Å²) in [5.74, 6) is 0.993. The highest BCUT2D eigenvalue weighted by Crippen LogP contribution is 2.32. The third-order valence-corrected chi connectivity index (χ3v) is 4.50. The second-order valence-corrected chi connectivity index (χ2v) is 6.69. The molecule has 0 N–H and O–H groups in total. The average Bonchev–Trinajstić information content (AvgIpc) is 3.17. The molecule has 0 bridgehead atoms. The molecule has 5 heteroatoms. The van der Waals surface area contributed by atoms with Gasteiger partial charge in [-0.2, -0.15) is 0 Å². The normalized spacial score (nSPS) is 18.2. The van der Waals surface area contributed by atoms with Gasteiger partial charge in [-0.1, -0.05) is 23.4 Å². The van der Waals surface area contributed by atoms with E-state index in [0.717, 1.165) is 36.5 Å². The maximum Gasteiger partial charge on any atom is 0.241 e. The Hall–Kier alpha value is -2.14. The van der Waals surface area contributed by atoms with Crippen molar-refractivity contribution in [3.05, 3.63) is 47.9 Å². The minimum atomic E-state index is 0.119. The summed E-state index contributed by atoms with van der Waals surface area (Å²) in [6, 6.07) is 12.1. The first-order valence-corrected chi connectivity index (χ1v) is 8.60. The van der Waals surface area contributed by atoms with Crippen LogP contribution in [0.1, 0.15) is 44.2 Å². The van der Waals surface area contributed by atoms with E-state index in [9.17, 15) is 4.79 Å². The number of nitrogens with zero attached hydrogens (tertiary/aromatic N) is 3. The van der Waals surface area contributed by atoms with E-state index in [1.165, 1.54) is 0 Å². The highest BCUT2D eigenvalue weighted by atomic mass is 16.5. The molecule has 0 aliphatic carbocycles. The van der Waals surface area contributed by atoms with E-state index < -0.39 is 0 Å². The van der Waals surface area contributed by atoms with E-state index in [-0.39, 0.29) is 18.0 Å². The number of benzene rings is 1. The summed E-state index contributed by atoms with van der Waals surface area (Å²) in [6.07, 6.45) is 2.08. The SMILES string of the molecule is Cc1cc([C@@H]2CCCN2CC(=O)N(c2ccccc2)C(C)C)on1. The number of hydrogen-bond acceptors (Lipinski definition) is 4. The summed E-state index contributed by atoms with van der Waals surface area (Å²) in [5.41, 5.74) is 1.83. The van der Waals surface area contributed by atoms with Crippen LogP contribution < -0.4 is 4.90 Å². The molecule has 3 rings (SSSR count). The maximum atomic E-state index is 13.0. The molecule has 1 atom stereocenters. The Labute approximate surface area is 143 Å². The second-order valence-electron chi connectivity index (χ2n) is 6.69. The molecule has 0 radical (unpaired) electrons. The lowest BCUT2D eigenvalue weighted by molar-refractivity contribution is -0.120. The highest BCUT2D eigenvalue weighted by molar-refractivity contribution is 5.95. The smallest absolute Gasteiger partial charge is 0.241 e. The summed E-state index contributed by atoms with van der Waals surface area (Å²) < 4.78 is 5.44. The van der Waals surface area contributed by atoms with Crippen molar-refractivity contribution in [2.24, 2.45) is 0 Å². The Morgan fingerprint density at radius 3 is 2.75 bits per heavy atom. The molecule has 1 aromatic heterocycles. The number of anilines is 1. The Morgan fingerprint density at radius 1 is 1.38 bits per heavy atom. The second kappa shape index (κ2) is 7.18. The fraction of sp³-hybridized carbons (Fsp3) is 0.474. The van der Waals surface area contributed by atoms with Crippen LogP contribution in [0.2, 0.25) is 0 Å². The molecule has 0 unspecified atom stereocenters. The number of likely N-dealkylation sites (tertiary alicyclic amines) is 1. The molecular weight excluding hydrogens is 302 g/mol. The van der Waals surface area contributed by atoms with Gasteiger partial charge < -0.3 is 9.42 Å². The fourth-order valence-electron chi connectivity index (χ4n) is 3.45. The first-order valence-electron chi connectivity index (χ1n) is 8.60. The Kier molecular flexibility index (Phi) is 5.00. The van der Waals surface area contributed by atoms with Crippen molar-refractivity contribution in [2.45, 2.75) is 45.7 Å². The van der Waals surface area contributed by atoms with Crippen molar-refractivity contribution in [3.63, 3.8) is 0 Å². The largest absolute Gasteiger partial charge is 0.359 e. The number of hydrogen-bond donors (Lipinski definition) is 0. The van der Waals surface area contributed by atoms with Crippen LogP contribution in [0.15, 0.2) is 40.9 Å². The van der Waals surface area contributed by atoms with Crippen molar-refractivity contribution in [1.82, 2.24) is 10.1 Å². The fourth-order valence-corrected chi connectivity index (χ4v) is 3.45. The third kappa shape index (κ3) is 3.51. The topological polar surface area (TPSA) is 49.6 Å². The standard InChI is InChI=1S/C19H25N3O2/c1-14(2)22(16-8-5-4-6-9-16)19(23)13-21-11-7-10-17(21)18-12-15(3)20-24-18/h4-6,8-9,12,14,17H,7,10-11,13H2,1-3H3/t17-/m0/s1. The zero-order valence-electron chi connectivity index (χ0n) is 14.6. The van der Waals surface area contributed by atoms with Crippen LogP contribution in [-0.2, 0) is 4.79 Å². The lowest BCUT2D eigenvalue weighted by atomic mass is 10.1. The number of carbonyl (C=O) groups excluding carboxylic acids is 1. The number of para-hydroxylation sites is 1. The Morgan fingerprint density at radius 2 is 2.12 bits per heavy atom. The zero-order chi connectivity index (χ0) is 17.1. The molecule has 2 aromatic rings. The van der Waals surface area contributed by atoms with Gasteiger partial charge in [0.15, 0.2) is 5.76 Å². The number of rotatable bonds is 5. The van der Waals surface area contributed by atoms with E-state index in [2.05, 4.69) is 10.1 Å². The van der Waals surface area contributed by atoms with Crippen LogP contribution in [0.4, 0.5) is 5.69 Å². The van der Waals surface area contributed by atoms with Crippen LogP contribution in [0.5, 0.6) is 0 Å². The van der Waals surface area contributed by atoms with Gasteiger partial charge >= 0.3 is 0 Å². The molecule has 1 aromatic carbocycles. The van der Waals surface area contributed by atoms with Gasteiger partial charge in [-0.25, -0.2) is 0 Å². The monoisotopic (exact) mass is 327 g/mol. The Bertz CT molecular complexity index is 681. The van der Waals surface area contributed by atoms with E-state index >= 15 is 0 Å². The van der Waals surface area contributed by atoms with Crippen molar-refractivity contribution >= 4 is 11.6 Å². The van der Waals surface area contributed by atoms with Gasteiger partial charge in [0.05, 0.1) is 18.3 Å². The van der Waals surface area contributed by atoms with E-state index in [0.29, 0.717) is 6.54 Å². The molecule has 1 amide bonds. The van der Waals surface area contributed by atoms with Crippen molar-refractivity contribution in [3.8, 4) is 0 Å². The summed E-state index contributed by atoms with van der Waals surface area (Å²) in [7, 11) is 0. The van der Waals surface area contributed by atoms with E-state index in [1.807, 2.05) is 62.1 Å². The van der Waals surface area contributed by atoms with Gasteiger partial charge in [-0.3, -0.25) is 9.69 Å². The number of aromatic nitrogens is 1. The van der Waals surface area contributed by atoms with Crippen LogP contribution in [0, 0.1) is 6.92 Å². The lowest BCUT2D eigenvalue weighted by Gasteiger charge is -2.30. The minimum absolute atomic E-state index is 0.119. The molecule has 0 saturated carbocycles. The predicted octanol–water partition coefficient (Wildman–Crippen LogP) is 3.56. The maximum absolute atomic E-state index is 13.0. The molecule has 24 heavy (non-hydrogen) atoms. The highest BCUT2D eigenvalue weighted by Gasteiger charge is 2.32. The molecular formula is C19H25N3O2. The molecule has 5 nitrogen and oxygen atoms in total. The number of aryl methyl sites for hydroxylation is 1. The molecule has 1 aliphatic heterocycles. The lowest BCUT2D eigenvalue weighted by Crippen LogP contribution is -2.43. The van der Waals surface area contributed by atoms with Gasteiger partial charge in [0, 0.05) is 17.8 Å². The predicted molar refractivity (Wildman–Crippen MR) is 93.9 cm³/mol. The molecule has 1 fully saturated rings. The quantitative estimate of drug-likeness (QED) is 0.842. The summed E-state index contributed by atoms with van der Waals surface area (Å²) in [6.45, 7) is 7.33. The van der Waals surface area contributed by atoms with Gasteiger partial charge in [-0.15, -0.1) is 0 Å². The van der Waals surface area contributed by atoms with Crippen LogP contribution in [0.25, 0.3) is 0 Å². The van der Waals surface area contributed by atoms with Crippen LogP contribution in [-0.4, -0.2) is 35.1 Å². The number of amides is 1. The summed E-state index contributed by atoms with van der Waals surface area (Å²) in [4.78, 5) is 17.0. The van der Waals surface area contributed by atoms with Gasteiger partial charge in [0.25, 0.3) is 0 Å². The first-order chi connectivity index (χ1) is 11.6. The molecule has 1 saturated heterocycles. The van der Waals surface area contributed by atoms with Gasteiger partial charge in [-0.05, 0) is 52.3 Å². The molecule has 0 spiro atoms. The van der Waals surface area contributed by atoms with Crippen LogP contribution in [0.3, 0.4) is 0 Å². The molecule has 128 valence electrons. The van der Waals surface area contributed by atoms with E-state index in [4.69, 9.17) is 4.52 Å². The van der Waals surface area contributed by atoms with Gasteiger partial charge in [0.2, 0.25) is 5.91 Å². The molecule has 2 heterocycles. The van der Waals surface area contributed by atoms with Crippen molar-refractivity contribution in [1.29, 1.82) is 0 Å². The van der Waals surface area contributed by atoms with E-state index in [1.54, 1.807) is 0 Å². The average molecular weight is 327 g/mol. The summed E-state index contributed by atoms with van der Waals surface area (Å²) >= 11 is 0. The zero-order valence-corrected chi connectivity index (χ0v) is 14.6. The minimum Gasteiger partial charge on any atom is -0.359 e. The summed E-state index contributed by atoms with van der Waals surface area (Å²) in [5, 5.41) is 3.99. The molecule has 1 aliphatic rings. The Balaban J connectivity index is 1.75. The first kappa shape index (κ1) is 16.7. The van der Waals surface area contributed by atoms with Gasteiger partial charge in [0.1, 0.15) is 0 Å². The number of carbonyl (C=O) groups is 1. The van der Waals surface area contributed by atoms with Crippen LogP contribution >= 0.6 is 0 Å². The third-order valence-electron chi connectivity index (χ3n) is 4.50.